The summed E-state index contributed by atoms with van der Waals surface area (Å²) in [5.41, 5.74) is 13.5. The molecule has 0 unspecified atom stereocenters. The van der Waals surface area contributed by atoms with Crippen LogP contribution in [0.2, 0.25) is 0 Å². The number of anilines is 1. The summed E-state index contributed by atoms with van der Waals surface area (Å²) >= 11 is 0. The molecule has 1 heterocycles. The second kappa shape index (κ2) is 5.62. The van der Waals surface area contributed by atoms with Gasteiger partial charge in [-0.2, -0.15) is 0 Å². The van der Waals surface area contributed by atoms with Crippen LogP contribution in [-0.2, 0) is 0 Å². The average Bonchev–Trinajstić information content (AvgIpc) is 2.03. The molecule has 0 saturated heterocycles. The summed E-state index contributed by atoms with van der Waals surface area (Å²) < 4.78 is 0. The van der Waals surface area contributed by atoms with Crippen LogP contribution in [0.3, 0.4) is 0 Å². The van der Waals surface area contributed by atoms with Crippen molar-refractivity contribution in [1.82, 2.24) is 4.98 Å². The minimum absolute atomic E-state index is 0. The van der Waals surface area contributed by atoms with Crippen LogP contribution in [0.25, 0.3) is 0 Å². The fourth-order valence-corrected chi connectivity index (χ4v) is 1.23. The van der Waals surface area contributed by atoms with E-state index in [1.165, 1.54) is 0 Å². The number of nitrogens with zero attached hydrogens (tertiary/aromatic N) is 1. The SMILES string of the molecule is C=C(C)C[C@@H](N)c1cccnc1N.Cl. The largest absolute Gasteiger partial charge is 0.383 e. The Bertz CT molecular complexity index is 312. The third-order valence-corrected chi connectivity index (χ3v) is 1.84. The molecule has 1 rings (SSSR count). The molecular weight excluding hydrogens is 198 g/mol. The molecule has 0 amide bonds. The number of pyridine rings is 1. The van der Waals surface area contributed by atoms with Crippen molar-refractivity contribution in [3.05, 3.63) is 36.0 Å². The van der Waals surface area contributed by atoms with Gasteiger partial charge in [-0.3, -0.25) is 0 Å². The van der Waals surface area contributed by atoms with E-state index in [9.17, 15) is 0 Å². The minimum Gasteiger partial charge on any atom is -0.383 e. The summed E-state index contributed by atoms with van der Waals surface area (Å²) in [6.45, 7) is 5.76. The minimum atomic E-state index is -0.0915. The van der Waals surface area contributed by atoms with Crippen LogP contribution >= 0.6 is 12.4 Å². The maximum atomic E-state index is 5.92. The van der Waals surface area contributed by atoms with Gasteiger partial charge in [0.1, 0.15) is 5.82 Å². The number of aromatic nitrogens is 1. The first kappa shape index (κ1) is 12.9. The molecule has 0 aromatic carbocycles. The zero-order chi connectivity index (χ0) is 9.84. The summed E-state index contributed by atoms with van der Waals surface area (Å²) in [5.74, 6) is 0.510. The lowest BCUT2D eigenvalue weighted by molar-refractivity contribution is 0.716. The maximum Gasteiger partial charge on any atom is 0.128 e. The van der Waals surface area contributed by atoms with E-state index in [2.05, 4.69) is 11.6 Å². The number of rotatable bonds is 3. The van der Waals surface area contributed by atoms with E-state index in [0.717, 1.165) is 17.6 Å². The first-order valence-corrected chi connectivity index (χ1v) is 4.21. The molecule has 4 heteroatoms. The average molecular weight is 214 g/mol. The molecule has 0 saturated carbocycles. The van der Waals surface area contributed by atoms with Gasteiger partial charge in [-0.15, -0.1) is 19.0 Å². The number of hydrogen-bond acceptors (Lipinski definition) is 3. The topological polar surface area (TPSA) is 64.9 Å². The highest BCUT2D eigenvalue weighted by molar-refractivity contribution is 5.85. The Labute approximate surface area is 90.6 Å². The monoisotopic (exact) mass is 213 g/mol. The van der Waals surface area contributed by atoms with Gasteiger partial charge in [0.15, 0.2) is 0 Å². The molecule has 4 N–H and O–H groups in total. The molecule has 0 fully saturated rings. The van der Waals surface area contributed by atoms with Gasteiger partial charge < -0.3 is 11.5 Å². The summed E-state index contributed by atoms with van der Waals surface area (Å²) in [4.78, 5) is 3.98. The van der Waals surface area contributed by atoms with Crippen LogP contribution in [0, 0.1) is 0 Å². The van der Waals surface area contributed by atoms with E-state index in [4.69, 9.17) is 11.5 Å². The summed E-state index contributed by atoms with van der Waals surface area (Å²) in [6.07, 6.45) is 2.40. The van der Waals surface area contributed by atoms with Crippen LogP contribution in [-0.4, -0.2) is 4.98 Å². The summed E-state index contributed by atoms with van der Waals surface area (Å²) in [6, 6.07) is 3.64. The van der Waals surface area contributed by atoms with E-state index in [0.29, 0.717) is 5.82 Å². The van der Waals surface area contributed by atoms with Gasteiger partial charge in [0.2, 0.25) is 0 Å². The normalized spacial score (nSPS) is 11.6. The Morgan fingerprint density at radius 3 is 2.79 bits per heavy atom. The van der Waals surface area contributed by atoms with Crippen LogP contribution in [0.15, 0.2) is 30.5 Å². The number of halogens is 1. The van der Waals surface area contributed by atoms with Crippen LogP contribution in [0.5, 0.6) is 0 Å². The molecule has 0 bridgehead atoms. The van der Waals surface area contributed by atoms with Crippen molar-refractivity contribution in [1.29, 1.82) is 0 Å². The summed E-state index contributed by atoms with van der Waals surface area (Å²) in [7, 11) is 0. The first-order chi connectivity index (χ1) is 6.11. The molecule has 0 aliphatic carbocycles. The number of hydrogen-bond donors (Lipinski definition) is 2. The van der Waals surface area contributed by atoms with Gasteiger partial charge in [0, 0.05) is 17.8 Å². The number of nitrogens with two attached hydrogens (primary N) is 2. The van der Waals surface area contributed by atoms with Crippen molar-refractivity contribution in [2.24, 2.45) is 5.73 Å². The standard InChI is InChI=1S/C10H15N3.ClH/c1-7(2)6-9(11)8-4-3-5-13-10(8)12;/h3-5,9H,1,6,11H2,2H3,(H2,12,13);1H/t9-;/m1./s1. The van der Waals surface area contributed by atoms with Gasteiger partial charge in [-0.25, -0.2) is 4.98 Å². The molecule has 78 valence electrons. The smallest absolute Gasteiger partial charge is 0.128 e. The maximum absolute atomic E-state index is 5.92. The molecule has 1 aromatic heterocycles. The molecule has 1 aromatic rings. The third-order valence-electron chi connectivity index (χ3n) is 1.84. The van der Waals surface area contributed by atoms with Crippen LogP contribution < -0.4 is 11.5 Å². The fourth-order valence-electron chi connectivity index (χ4n) is 1.23. The van der Waals surface area contributed by atoms with Gasteiger partial charge in [-0.1, -0.05) is 11.6 Å². The zero-order valence-corrected chi connectivity index (χ0v) is 9.05. The second-order valence-electron chi connectivity index (χ2n) is 3.25. The van der Waals surface area contributed by atoms with Crippen molar-refractivity contribution >= 4 is 18.2 Å². The quantitative estimate of drug-likeness (QED) is 0.756. The highest BCUT2D eigenvalue weighted by Gasteiger charge is 2.09. The third kappa shape index (κ3) is 3.36. The van der Waals surface area contributed by atoms with Crippen molar-refractivity contribution in [2.45, 2.75) is 19.4 Å². The highest BCUT2D eigenvalue weighted by Crippen LogP contribution is 2.20. The van der Waals surface area contributed by atoms with Gasteiger partial charge in [-0.05, 0) is 19.4 Å². The van der Waals surface area contributed by atoms with Crippen molar-refractivity contribution < 1.29 is 0 Å². The lowest BCUT2D eigenvalue weighted by atomic mass is 10.0. The Morgan fingerprint density at radius 1 is 1.64 bits per heavy atom. The molecule has 0 aliphatic rings. The van der Waals surface area contributed by atoms with Gasteiger partial charge in [0.05, 0.1) is 0 Å². The molecule has 0 spiro atoms. The van der Waals surface area contributed by atoms with Gasteiger partial charge in [0.25, 0.3) is 0 Å². The van der Waals surface area contributed by atoms with Crippen molar-refractivity contribution in [3.63, 3.8) is 0 Å². The Balaban J connectivity index is 0.00000169. The van der Waals surface area contributed by atoms with Crippen molar-refractivity contribution in [3.8, 4) is 0 Å². The zero-order valence-electron chi connectivity index (χ0n) is 8.23. The van der Waals surface area contributed by atoms with E-state index in [1.807, 2.05) is 19.1 Å². The Kier molecular flexibility index (Phi) is 5.20. The van der Waals surface area contributed by atoms with E-state index < -0.39 is 0 Å². The molecule has 0 aliphatic heterocycles. The predicted molar refractivity (Wildman–Crippen MR) is 62.3 cm³/mol. The molecule has 14 heavy (non-hydrogen) atoms. The number of nitrogen functional groups attached to an aromatic ring is 1. The lowest BCUT2D eigenvalue weighted by Crippen LogP contribution is -2.13. The molecule has 0 radical (unpaired) electrons. The predicted octanol–water partition coefficient (Wildman–Crippen LogP) is 2.05. The Hall–Kier alpha value is -1.06. The lowest BCUT2D eigenvalue weighted by Gasteiger charge is -2.12. The van der Waals surface area contributed by atoms with Crippen LogP contribution in [0.4, 0.5) is 5.82 Å². The first-order valence-electron chi connectivity index (χ1n) is 4.21. The summed E-state index contributed by atoms with van der Waals surface area (Å²) in [5, 5.41) is 0. The van der Waals surface area contributed by atoms with E-state index in [1.54, 1.807) is 6.20 Å². The van der Waals surface area contributed by atoms with Crippen molar-refractivity contribution in [2.75, 3.05) is 5.73 Å². The highest BCUT2D eigenvalue weighted by atomic mass is 35.5. The van der Waals surface area contributed by atoms with E-state index in [-0.39, 0.29) is 18.4 Å². The second-order valence-corrected chi connectivity index (χ2v) is 3.25. The Morgan fingerprint density at radius 2 is 2.29 bits per heavy atom. The molecule has 3 nitrogen and oxygen atoms in total. The molecule has 1 atom stereocenters. The van der Waals surface area contributed by atoms with Gasteiger partial charge >= 0.3 is 0 Å². The van der Waals surface area contributed by atoms with Crippen LogP contribution in [0.1, 0.15) is 24.9 Å². The fraction of sp³-hybridized carbons (Fsp3) is 0.300. The molecular formula is C10H16ClN3. The van der Waals surface area contributed by atoms with E-state index >= 15 is 0 Å².